The van der Waals surface area contributed by atoms with Gasteiger partial charge in [-0.3, -0.25) is 19.5 Å². The third kappa shape index (κ3) is 4.14. The Hall–Kier alpha value is -3.68. The molecule has 1 aromatic heterocycles. The van der Waals surface area contributed by atoms with Crippen LogP contribution in [0.3, 0.4) is 0 Å². The van der Waals surface area contributed by atoms with Gasteiger partial charge in [-0.15, -0.1) is 0 Å². The number of benzene rings is 2. The fourth-order valence-corrected chi connectivity index (χ4v) is 3.67. The van der Waals surface area contributed by atoms with Crippen LogP contribution in [0.1, 0.15) is 31.3 Å². The monoisotopic (exact) mass is 420 g/mol. The minimum absolute atomic E-state index is 0.115. The fourth-order valence-electron chi connectivity index (χ4n) is 3.67. The number of hydrogen-bond acceptors (Lipinski definition) is 5. The Balaban J connectivity index is 1.63. The highest BCUT2D eigenvalue weighted by atomic mass is 16.6. The Labute approximate surface area is 179 Å². The SMILES string of the molecule is CC(C)(C)OC(=O)C1CN(c2ccccc2)C(=O)C1NC(=O)c1n[nH]c2ccccc12. The molecule has 0 saturated carbocycles. The van der Waals surface area contributed by atoms with E-state index < -0.39 is 29.4 Å². The number of rotatable bonds is 4. The molecule has 1 saturated heterocycles. The van der Waals surface area contributed by atoms with Gasteiger partial charge in [0, 0.05) is 17.6 Å². The molecule has 0 radical (unpaired) electrons. The van der Waals surface area contributed by atoms with Gasteiger partial charge in [0.2, 0.25) is 0 Å². The molecule has 2 heterocycles. The molecule has 2 aromatic carbocycles. The minimum Gasteiger partial charge on any atom is -0.460 e. The van der Waals surface area contributed by atoms with Gasteiger partial charge in [0.1, 0.15) is 17.6 Å². The number of aromatic amines is 1. The lowest BCUT2D eigenvalue weighted by atomic mass is 10.0. The molecule has 2 atom stereocenters. The van der Waals surface area contributed by atoms with E-state index in [9.17, 15) is 14.4 Å². The molecule has 0 aliphatic carbocycles. The van der Waals surface area contributed by atoms with Crippen molar-refractivity contribution in [2.24, 2.45) is 5.92 Å². The van der Waals surface area contributed by atoms with E-state index in [1.165, 1.54) is 4.90 Å². The van der Waals surface area contributed by atoms with Crippen LogP contribution in [-0.4, -0.2) is 46.2 Å². The summed E-state index contributed by atoms with van der Waals surface area (Å²) in [5.41, 5.74) is 0.820. The number of nitrogens with zero attached hydrogens (tertiary/aromatic N) is 2. The number of para-hydroxylation sites is 2. The molecule has 0 bridgehead atoms. The van der Waals surface area contributed by atoms with Gasteiger partial charge in [-0.2, -0.15) is 5.10 Å². The maximum atomic E-state index is 13.2. The van der Waals surface area contributed by atoms with Crippen LogP contribution in [0.4, 0.5) is 5.69 Å². The first kappa shape index (κ1) is 20.6. The lowest BCUT2D eigenvalue weighted by molar-refractivity contribution is -0.160. The molecule has 160 valence electrons. The van der Waals surface area contributed by atoms with E-state index in [1.807, 2.05) is 24.3 Å². The van der Waals surface area contributed by atoms with Crippen LogP contribution in [0.15, 0.2) is 54.6 Å². The smallest absolute Gasteiger partial charge is 0.313 e. The van der Waals surface area contributed by atoms with Crippen molar-refractivity contribution in [3.63, 3.8) is 0 Å². The Morgan fingerprint density at radius 2 is 1.77 bits per heavy atom. The number of amides is 2. The molecular weight excluding hydrogens is 396 g/mol. The third-order valence-corrected chi connectivity index (χ3v) is 5.06. The van der Waals surface area contributed by atoms with E-state index in [-0.39, 0.29) is 18.1 Å². The predicted octanol–water partition coefficient (Wildman–Crippen LogP) is 2.67. The molecule has 1 fully saturated rings. The summed E-state index contributed by atoms with van der Waals surface area (Å²) < 4.78 is 5.54. The number of fused-ring (bicyclic) bond motifs is 1. The van der Waals surface area contributed by atoms with Crippen LogP contribution < -0.4 is 10.2 Å². The molecule has 0 spiro atoms. The largest absolute Gasteiger partial charge is 0.460 e. The Morgan fingerprint density at radius 3 is 2.48 bits per heavy atom. The summed E-state index contributed by atoms with van der Waals surface area (Å²) in [6.07, 6.45) is 0. The van der Waals surface area contributed by atoms with Gasteiger partial charge < -0.3 is 15.0 Å². The molecule has 8 heteroatoms. The van der Waals surface area contributed by atoms with Gasteiger partial charge >= 0.3 is 5.97 Å². The summed E-state index contributed by atoms with van der Waals surface area (Å²) in [5, 5.41) is 10.3. The molecule has 8 nitrogen and oxygen atoms in total. The maximum absolute atomic E-state index is 13.2. The predicted molar refractivity (Wildman–Crippen MR) is 115 cm³/mol. The number of esters is 1. The topological polar surface area (TPSA) is 104 Å². The zero-order valence-electron chi connectivity index (χ0n) is 17.6. The van der Waals surface area contributed by atoms with Crippen LogP contribution in [0.25, 0.3) is 10.9 Å². The van der Waals surface area contributed by atoms with Gasteiger partial charge in [0.25, 0.3) is 11.8 Å². The highest BCUT2D eigenvalue weighted by Crippen LogP contribution is 2.28. The highest BCUT2D eigenvalue weighted by Gasteiger charge is 2.47. The first-order chi connectivity index (χ1) is 14.7. The normalized spacial score (nSPS) is 18.9. The van der Waals surface area contributed by atoms with Gasteiger partial charge in [-0.05, 0) is 39.0 Å². The average Bonchev–Trinajstić information content (AvgIpc) is 3.29. The zero-order valence-corrected chi connectivity index (χ0v) is 17.6. The first-order valence-corrected chi connectivity index (χ1v) is 10.1. The van der Waals surface area contributed by atoms with E-state index in [1.54, 1.807) is 51.1 Å². The first-order valence-electron chi connectivity index (χ1n) is 10.1. The molecule has 1 aliphatic heterocycles. The third-order valence-electron chi connectivity index (χ3n) is 5.06. The summed E-state index contributed by atoms with van der Waals surface area (Å²) in [4.78, 5) is 40.6. The van der Waals surface area contributed by atoms with Crippen molar-refractivity contribution in [2.75, 3.05) is 11.4 Å². The number of aromatic nitrogens is 2. The summed E-state index contributed by atoms with van der Waals surface area (Å²) in [5.74, 6) is -2.27. The van der Waals surface area contributed by atoms with Crippen molar-refractivity contribution < 1.29 is 19.1 Å². The second-order valence-corrected chi connectivity index (χ2v) is 8.49. The Kier molecular flexibility index (Phi) is 5.22. The second-order valence-electron chi connectivity index (χ2n) is 8.49. The number of carbonyl (C=O) groups is 3. The number of ether oxygens (including phenoxy) is 1. The van der Waals surface area contributed by atoms with Crippen molar-refractivity contribution in [2.45, 2.75) is 32.4 Å². The number of nitrogens with one attached hydrogen (secondary N) is 2. The van der Waals surface area contributed by atoms with Crippen molar-refractivity contribution in [1.29, 1.82) is 0 Å². The van der Waals surface area contributed by atoms with Gasteiger partial charge in [0.15, 0.2) is 5.69 Å². The molecule has 2 amide bonds. The molecule has 31 heavy (non-hydrogen) atoms. The number of hydrogen-bond donors (Lipinski definition) is 2. The van der Waals surface area contributed by atoms with Crippen molar-refractivity contribution in [3.05, 3.63) is 60.3 Å². The number of H-pyrrole nitrogens is 1. The highest BCUT2D eigenvalue weighted by molar-refractivity contribution is 6.09. The molecule has 3 aromatic rings. The molecule has 4 rings (SSSR count). The van der Waals surface area contributed by atoms with Crippen LogP contribution in [0.2, 0.25) is 0 Å². The summed E-state index contributed by atoms with van der Waals surface area (Å²) in [6, 6.07) is 15.2. The van der Waals surface area contributed by atoms with E-state index in [4.69, 9.17) is 4.74 Å². The lowest BCUT2D eigenvalue weighted by Gasteiger charge is -2.24. The fraction of sp³-hybridized carbons (Fsp3) is 0.304. The molecule has 2 unspecified atom stereocenters. The van der Waals surface area contributed by atoms with Gasteiger partial charge in [-0.1, -0.05) is 36.4 Å². The summed E-state index contributed by atoms with van der Waals surface area (Å²) >= 11 is 0. The van der Waals surface area contributed by atoms with Gasteiger partial charge in [-0.25, -0.2) is 0 Å². The number of carbonyl (C=O) groups excluding carboxylic acids is 3. The van der Waals surface area contributed by atoms with Crippen molar-refractivity contribution in [3.8, 4) is 0 Å². The van der Waals surface area contributed by atoms with E-state index in [0.29, 0.717) is 16.6 Å². The molecule has 1 aliphatic rings. The lowest BCUT2D eigenvalue weighted by Crippen LogP contribution is -2.47. The van der Waals surface area contributed by atoms with Gasteiger partial charge in [0.05, 0.1) is 5.52 Å². The standard InChI is InChI=1S/C23H24N4O4/c1-23(2,3)31-22(30)16-13-27(14-9-5-4-6-10-14)21(29)19(16)24-20(28)18-15-11-7-8-12-17(15)25-26-18/h4-12,16,19H,13H2,1-3H3,(H,24,28)(H,25,26). The van der Waals surface area contributed by atoms with Crippen LogP contribution in [0, 0.1) is 5.92 Å². The number of anilines is 1. The van der Waals surface area contributed by atoms with Crippen molar-refractivity contribution in [1.82, 2.24) is 15.5 Å². The van der Waals surface area contributed by atoms with Crippen molar-refractivity contribution >= 4 is 34.4 Å². The quantitative estimate of drug-likeness (QED) is 0.632. The Bertz CT molecular complexity index is 1130. The van der Waals surface area contributed by atoms with Crippen LogP contribution in [0.5, 0.6) is 0 Å². The maximum Gasteiger partial charge on any atom is 0.313 e. The Morgan fingerprint density at radius 1 is 1.10 bits per heavy atom. The summed E-state index contributed by atoms with van der Waals surface area (Å²) in [6.45, 7) is 5.41. The van der Waals surface area contributed by atoms with E-state index >= 15 is 0 Å². The van der Waals surface area contributed by atoms with Crippen LogP contribution in [-0.2, 0) is 14.3 Å². The molecule has 2 N–H and O–H groups in total. The van der Waals surface area contributed by atoms with Crippen LogP contribution >= 0.6 is 0 Å². The van der Waals surface area contributed by atoms with E-state index in [0.717, 1.165) is 0 Å². The average molecular weight is 420 g/mol. The minimum atomic E-state index is -1.06. The zero-order chi connectivity index (χ0) is 22.2. The van der Waals surface area contributed by atoms with E-state index in [2.05, 4.69) is 15.5 Å². The molecular formula is C23H24N4O4. The summed E-state index contributed by atoms with van der Waals surface area (Å²) in [7, 11) is 0. The second kappa shape index (κ2) is 7.86.